The molecule has 0 aliphatic carbocycles. The van der Waals surface area contributed by atoms with Crippen molar-refractivity contribution in [3.8, 4) is 0 Å². The van der Waals surface area contributed by atoms with Gasteiger partial charge in [-0.3, -0.25) is 14.3 Å². The number of aromatic nitrogens is 2. The highest BCUT2D eigenvalue weighted by Crippen LogP contribution is 2.27. The molecule has 1 saturated heterocycles. The zero-order valence-corrected chi connectivity index (χ0v) is 11.4. The van der Waals surface area contributed by atoms with E-state index in [2.05, 4.69) is 4.98 Å². The highest BCUT2D eigenvalue weighted by molar-refractivity contribution is 5.09. The van der Waals surface area contributed by atoms with E-state index in [1.165, 1.54) is 13.3 Å². The smallest absolute Gasteiger partial charge is 0.330 e. The van der Waals surface area contributed by atoms with Gasteiger partial charge in [-0.15, -0.1) is 0 Å². The van der Waals surface area contributed by atoms with E-state index in [1.54, 1.807) is 0 Å². The number of nitrogens with zero attached hydrogens (tertiary/aromatic N) is 1. The van der Waals surface area contributed by atoms with Gasteiger partial charge in [0.05, 0.1) is 24.9 Å². The topological polar surface area (TPSA) is 134 Å². The molecule has 1 aliphatic heterocycles. The first-order valence-electron chi connectivity index (χ1n) is 6.44. The predicted molar refractivity (Wildman–Crippen MR) is 69.8 cm³/mol. The highest BCUT2D eigenvalue weighted by Gasteiger charge is 2.35. The molecule has 1 fully saturated rings. The van der Waals surface area contributed by atoms with Crippen LogP contribution in [-0.2, 0) is 9.47 Å². The van der Waals surface area contributed by atoms with Gasteiger partial charge in [0.15, 0.2) is 0 Å². The zero-order chi connectivity index (χ0) is 15.6. The van der Waals surface area contributed by atoms with Crippen LogP contribution in [0.25, 0.3) is 0 Å². The van der Waals surface area contributed by atoms with Crippen LogP contribution in [0.5, 0.6) is 0 Å². The normalized spacial score (nSPS) is 27.0. The summed E-state index contributed by atoms with van der Waals surface area (Å²) in [6.07, 6.45) is -2.44. The van der Waals surface area contributed by atoms with Crippen LogP contribution >= 0.6 is 0 Å². The van der Waals surface area contributed by atoms with E-state index in [0.717, 1.165) is 4.57 Å². The summed E-state index contributed by atoms with van der Waals surface area (Å²) >= 11 is 0. The summed E-state index contributed by atoms with van der Waals surface area (Å²) in [4.78, 5) is 25.6. The lowest BCUT2D eigenvalue weighted by atomic mass is 10.2. The summed E-state index contributed by atoms with van der Waals surface area (Å²) in [7, 11) is 1.37. The third kappa shape index (κ3) is 3.22. The van der Waals surface area contributed by atoms with Crippen LogP contribution in [0.3, 0.4) is 0 Å². The fourth-order valence-electron chi connectivity index (χ4n) is 2.25. The number of aliphatic hydroxyl groups is 3. The molecule has 0 saturated carbocycles. The number of hydrogen-bond donors (Lipinski definition) is 4. The minimum absolute atomic E-state index is 0.0398. The van der Waals surface area contributed by atoms with E-state index in [0.29, 0.717) is 0 Å². The van der Waals surface area contributed by atoms with Crippen molar-refractivity contribution in [2.45, 2.75) is 31.0 Å². The number of nitrogens with one attached hydrogen (secondary N) is 1. The molecule has 0 unspecified atom stereocenters. The number of H-pyrrole nitrogens is 1. The molecular formula is C12H18N2O7. The molecule has 118 valence electrons. The molecule has 0 bridgehead atoms. The SMILES string of the molecule is COC[C@@H](O)c1cn([C@H]2C[C@H](O)[C@@H](CO)O2)c(=O)[nH]c1=O. The average molecular weight is 302 g/mol. The standard InChI is InChI=1S/C12H18N2O7/c1-20-5-8(17)6-3-14(12(19)13-11(6)18)10-2-7(16)9(4-15)21-10/h3,7-10,15-17H,2,4-5H2,1H3,(H,13,18,19)/t7-,8+,9+,10+/m0/s1. The van der Waals surface area contributed by atoms with Crippen LogP contribution < -0.4 is 11.2 Å². The van der Waals surface area contributed by atoms with Crippen molar-refractivity contribution in [1.82, 2.24) is 9.55 Å². The summed E-state index contributed by atoms with van der Waals surface area (Å²) in [5.41, 5.74) is -1.47. The van der Waals surface area contributed by atoms with Crippen LogP contribution in [0.4, 0.5) is 0 Å². The molecule has 1 aromatic rings. The summed E-state index contributed by atoms with van der Waals surface area (Å²) in [6, 6.07) is 0. The molecule has 2 rings (SSSR count). The number of rotatable bonds is 5. The summed E-state index contributed by atoms with van der Waals surface area (Å²) in [6.45, 7) is -0.483. The van der Waals surface area contributed by atoms with E-state index < -0.39 is 35.8 Å². The number of hydrogen-bond acceptors (Lipinski definition) is 7. The Morgan fingerprint density at radius 3 is 2.86 bits per heavy atom. The van der Waals surface area contributed by atoms with Gasteiger partial charge in [-0.1, -0.05) is 0 Å². The van der Waals surface area contributed by atoms with Crippen LogP contribution in [-0.4, -0.2) is 57.4 Å². The molecule has 0 amide bonds. The summed E-state index contributed by atoms with van der Waals surface area (Å²) in [5, 5.41) is 28.5. The van der Waals surface area contributed by atoms with Crippen LogP contribution in [0.1, 0.15) is 24.3 Å². The first-order valence-corrected chi connectivity index (χ1v) is 6.44. The Kier molecular flexibility index (Phi) is 4.91. The van der Waals surface area contributed by atoms with Crippen LogP contribution in [0, 0.1) is 0 Å². The second-order valence-electron chi connectivity index (χ2n) is 4.84. The van der Waals surface area contributed by atoms with Crippen molar-refractivity contribution in [3.05, 3.63) is 32.6 Å². The van der Waals surface area contributed by atoms with Gasteiger partial charge >= 0.3 is 5.69 Å². The predicted octanol–water partition coefficient (Wildman–Crippen LogP) is -2.14. The van der Waals surface area contributed by atoms with E-state index in [9.17, 15) is 19.8 Å². The average Bonchev–Trinajstić information content (AvgIpc) is 2.80. The largest absolute Gasteiger partial charge is 0.394 e. The minimum atomic E-state index is -1.19. The van der Waals surface area contributed by atoms with E-state index in [1.807, 2.05) is 0 Å². The number of methoxy groups -OCH3 is 1. The Morgan fingerprint density at radius 1 is 1.57 bits per heavy atom. The van der Waals surface area contributed by atoms with Gasteiger partial charge < -0.3 is 24.8 Å². The maximum absolute atomic E-state index is 11.8. The first-order chi connectivity index (χ1) is 9.97. The summed E-state index contributed by atoms with van der Waals surface area (Å²) < 4.78 is 11.2. The van der Waals surface area contributed by atoms with E-state index >= 15 is 0 Å². The van der Waals surface area contributed by atoms with Crippen molar-refractivity contribution in [3.63, 3.8) is 0 Å². The third-order valence-corrected chi connectivity index (χ3v) is 3.37. The van der Waals surface area contributed by atoms with Gasteiger partial charge in [-0.05, 0) is 0 Å². The fraction of sp³-hybridized carbons (Fsp3) is 0.667. The van der Waals surface area contributed by atoms with Gasteiger partial charge in [0.25, 0.3) is 5.56 Å². The van der Waals surface area contributed by atoms with Crippen molar-refractivity contribution in [1.29, 1.82) is 0 Å². The van der Waals surface area contributed by atoms with E-state index in [-0.39, 0.29) is 25.2 Å². The monoisotopic (exact) mass is 302 g/mol. The van der Waals surface area contributed by atoms with Gasteiger partial charge in [0, 0.05) is 19.7 Å². The van der Waals surface area contributed by atoms with Crippen molar-refractivity contribution >= 4 is 0 Å². The second-order valence-corrected chi connectivity index (χ2v) is 4.84. The maximum Gasteiger partial charge on any atom is 0.330 e. The Hall–Kier alpha value is -1.52. The zero-order valence-electron chi connectivity index (χ0n) is 11.4. The molecule has 0 aromatic carbocycles. The minimum Gasteiger partial charge on any atom is -0.394 e. The Morgan fingerprint density at radius 2 is 2.29 bits per heavy atom. The van der Waals surface area contributed by atoms with Gasteiger partial charge in [-0.2, -0.15) is 0 Å². The lowest BCUT2D eigenvalue weighted by molar-refractivity contribution is -0.0462. The summed E-state index contributed by atoms with van der Waals surface area (Å²) in [5.74, 6) is 0. The lowest BCUT2D eigenvalue weighted by Gasteiger charge is -2.16. The third-order valence-electron chi connectivity index (χ3n) is 3.37. The number of ether oxygens (including phenoxy) is 2. The quantitative estimate of drug-likeness (QED) is 0.487. The highest BCUT2D eigenvalue weighted by atomic mass is 16.5. The maximum atomic E-state index is 11.8. The molecule has 4 N–H and O–H groups in total. The Labute approximate surface area is 119 Å². The fourth-order valence-corrected chi connectivity index (χ4v) is 2.25. The molecule has 9 nitrogen and oxygen atoms in total. The van der Waals surface area contributed by atoms with Gasteiger partial charge in [-0.25, -0.2) is 4.79 Å². The molecule has 1 aliphatic rings. The van der Waals surface area contributed by atoms with Crippen LogP contribution in [0.15, 0.2) is 15.8 Å². The van der Waals surface area contributed by atoms with Crippen molar-refractivity contribution in [2.75, 3.05) is 20.3 Å². The molecule has 2 heterocycles. The van der Waals surface area contributed by atoms with Gasteiger partial charge in [0.2, 0.25) is 0 Å². The van der Waals surface area contributed by atoms with Crippen LogP contribution in [0.2, 0.25) is 0 Å². The second kappa shape index (κ2) is 6.50. The number of aromatic amines is 1. The lowest BCUT2D eigenvalue weighted by Crippen LogP contribution is -2.35. The van der Waals surface area contributed by atoms with E-state index in [4.69, 9.17) is 14.6 Å². The number of aliphatic hydroxyl groups excluding tert-OH is 3. The molecule has 0 radical (unpaired) electrons. The molecule has 9 heteroatoms. The molecule has 1 aromatic heterocycles. The van der Waals surface area contributed by atoms with Gasteiger partial charge in [0.1, 0.15) is 18.4 Å². The Balaban J connectivity index is 2.34. The molecule has 0 spiro atoms. The van der Waals surface area contributed by atoms with Crippen molar-refractivity contribution < 1.29 is 24.8 Å². The molecule has 4 atom stereocenters. The Bertz CT molecular complexity index is 596. The molecule has 21 heavy (non-hydrogen) atoms. The first kappa shape index (κ1) is 15.9. The van der Waals surface area contributed by atoms with Crippen molar-refractivity contribution in [2.24, 2.45) is 0 Å². The molecular weight excluding hydrogens is 284 g/mol.